The number of hydrogen-bond acceptors (Lipinski definition) is 3. The second kappa shape index (κ2) is 7.14. The van der Waals surface area contributed by atoms with Gasteiger partial charge in [-0.15, -0.1) is 0 Å². The highest BCUT2D eigenvalue weighted by Gasteiger charge is 2.19. The second-order valence-electron chi connectivity index (χ2n) is 5.03. The van der Waals surface area contributed by atoms with E-state index in [9.17, 15) is 9.90 Å². The zero-order valence-electron chi connectivity index (χ0n) is 11.0. The third kappa shape index (κ3) is 4.91. The Balaban J connectivity index is 1.80. The molecule has 1 aliphatic rings. The van der Waals surface area contributed by atoms with E-state index in [4.69, 9.17) is 4.74 Å². The van der Waals surface area contributed by atoms with Crippen LogP contribution < -0.4 is 5.32 Å². The first-order valence-corrected chi connectivity index (χ1v) is 6.95. The molecule has 2 atom stereocenters. The van der Waals surface area contributed by atoms with Crippen molar-refractivity contribution in [2.75, 3.05) is 5.32 Å². The molecule has 0 spiro atoms. The third-order valence-corrected chi connectivity index (χ3v) is 3.43. The van der Waals surface area contributed by atoms with Crippen LogP contribution in [-0.2, 0) is 4.74 Å². The maximum absolute atomic E-state index is 11.8. The fraction of sp³-hybridized carbons (Fsp3) is 0.533. The molecule has 0 heterocycles. The van der Waals surface area contributed by atoms with Gasteiger partial charge in [0, 0.05) is 5.69 Å². The standard InChI is InChI=1S/C15H21NO3/c17-13-8-4-5-9-14(11-10-13)19-15(18)16-12-6-2-1-3-7-12/h1-3,6-7,13-14,17H,4-5,8-11H2,(H,16,18)/t13-,14+/m1/s1. The summed E-state index contributed by atoms with van der Waals surface area (Å²) in [6.07, 6.45) is 4.46. The average molecular weight is 263 g/mol. The van der Waals surface area contributed by atoms with Crippen LogP contribution in [-0.4, -0.2) is 23.4 Å². The molecular formula is C15H21NO3. The highest BCUT2D eigenvalue weighted by atomic mass is 16.6. The van der Waals surface area contributed by atoms with Crippen molar-refractivity contribution in [1.29, 1.82) is 0 Å². The van der Waals surface area contributed by atoms with Crippen LogP contribution in [0.1, 0.15) is 38.5 Å². The fourth-order valence-corrected chi connectivity index (χ4v) is 2.36. The molecule has 1 aliphatic carbocycles. The number of carbonyl (C=O) groups excluding carboxylic acids is 1. The summed E-state index contributed by atoms with van der Waals surface area (Å²) < 4.78 is 5.42. The van der Waals surface area contributed by atoms with Gasteiger partial charge in [0.15, 0.2) is 0 Å². The van der Waals surface area contributed by atoms with Crippen molar-refractivity contribution >= 4 is 11.8 Å². The molecule has 1 aromatic rings. The van der Waals surface area contributed by atoms with Crippen LogP contribution in [0, 0.1) is 0 Å². The monoisotopic (exact) mass is 263 g/mol. The SMILES string of the molecule is O=C(Nc1ccccc1)O[C@H]1CCCC[C@@H](O)CC1. The lowest BCUT2D eigenvalue weighted by Gasteiger charge is -2.22. The van der Waals surface area contributed by atoms with Crippen LogP contribution in [0.4, 0.5) is 10.5 Å². The van der Waals surface area contributed by atoms with Gasteiger partial charge in [-0.25, -0.2) is 4.79 Å². The van der Waals surface area contributed by atoms with Crippen LogP contribution in [0.25, 0.3) is 0 Å². The summed E-state index contributed by atoms with van der Waals surface area (Å²) in [7, 11) is 0. The summed E-state index contributed by atoms with van der Waals surface area (Å²) in [6, 6.07) is 9.27. The van der Waals surface area contributed by atoms with Crippen molar-refractivity contribution in [3.63, 3.8) is 0 Å². The van der Waals surface area contributed by atoms with Crippen molar-refractivity contribution in [2.45, 2.75) is 50.7 Å². The number of aliphatic hydroxyl groups excluding tert-OH is 1. The minimum atomic E-state index is -0.411. The Morgan fingerprint density at radius 3 is 2.63 bits per heavy atom. The van der Waals surface area contributed by atoms with Gasteiger partial charge in [0.2, 0.25) is 0 Å². The van der Waals surface area contributed by atoms with E-state index in [0.717, 1.165) is 37.8 Å². The van der Waals surface area contributed by atoms with Gasteiger partial charge in [0.25, 0.3) is 0 Å². The molecular weight excluding hydrogens is 242 g/mol. The van der Waals surface area contributed by atoms with Crippen molar-refractivity contribution in [1.82, 2.24) is 0 Å². The first-order valence-electron chi connectivity index (χ1n) is 6.95. The first kappa shape index (κ1) is 13.9. The quantitative estimate of drug-likeness (QED) is 0.860. The molecule has 0 aromatic heterocycles. The number of carbonyl (C=O) groups is 1. The van der Waals surface area contributed by atoms with Crippen molar-refractivity contribution in [3.05, 3.63) is 30.3 Å². The van der Waals surface area contributed by atoms with Gasteiger partial charge in [0.05, 0.1) is 6.10 Å². The summed E-state index contributed by atoms with van der Waals surface area (Å²) in [5, 5.41) is 12.4. The Bertz CT molecular complexity index is 394. The fourth-order valence-electron chi connectivity index (χ4n) is 2.36. The third-order valence-electron chi connectivity index (χ3n) is 3.43. The van der Waals surface area contributed by atoms with E-state index in [1.165, 1.54) is 0 Å². The molecule has 2 rings (SSSR count). The Morgan fingerprint density at radius 2 is 1.84 bits per heavy atom. The zero-order valence-corrected chi connectivity index (χ0v) is 11.0. The minimum absolute atomic E-state index is 0.0846. The van der Waals surface area contributed by atoms with Crippen LogP contribution in [0.15, 0.2) is 30.3 Å². The summed E-state index contributed by atoms with van der Waals surface area (Å²) >= 11 is 0. The molecule has 4 heteroatoms. The first-order chi connectivity index (χ1) is 9.24. The van der Waals surface area contributed by atoms with Crippen LogP contribution >= 0.6 is 0 Å². The Hall–Kier alpha value is -1.55. The van der Waals surface area contributed by atoms with E-state index < -0.39 is 6.09 Å². The molecule has 2 N–H and O–H groups in total. The van der Waals surface area contributed by atoms with Gasteiger partial charge in [0.1, 0.15) is 6.10 Å². The van der Waals surface area contributed by atoms with Gasteiger partial charge in [-0.1, -0.05) is 24.6 Å². The minimum Gasteiger partial charge on any atom is -0.446 e. The molecule has 104 valence electrons. The Morgan fingerprint density at radius 1 is 1.11 bits per heavy atom. The highest BCUT2D eigenvalue weighted by Crippen LogP contribution is 2.20. The number of hydrogen-bond donors (Lipinski definition) is 2. The van der Waals surface area contributed by atoms with Crippen LogP contribution in [0.2, 0.25) is 0 Å². The molecule has 1 fully saturated rings. The number of anilines is 1. The van der Waals surface area contributed by atoms with E-state index in [1.807, 2.05) is 30.3 Å². The molecule has 4 nitrogen and oxygen atoms in total. The molecule has 19 heavy (non-hydrogen) atoms. The number of rotatable bonds is 2. The second-order valence-corrected chi connectivity index (χ2v) is 5.03. The van der Waals surface area contributed by atoms with E-state index in [2.05, 4.69) is 5.32 Å². The smallest absolute Gasteiger partial charge is 0.411 e. The number of benzene rings is 1. The van der Waals surface area contributed by atoms with Gasteiger partial charge in [-0.3, -0.25) is 5.32 Å². The maximum atomic E-state index is 11.8. The topological polar surface area (TPSA) is 58.6 Å². The summed E-state index contributed by atoms with van der Waals surface area (Å²) in [6.45, 7) is 0. The highest BCUT2D eigenvalue weighted by molar-refractivity contribution is 5.84. The molecule has 0 saturated heterocycles. The van der Waals surface area contributed by atoms with Gasteiger partial charge >= 0.3 is 6.09 Å². The molecule has 1 saturated carbocycles. The predicted molar refractivity (Wildman–Crippen MR) is 74.0 cm³/mol. The number of para-hydroxylation sites is 1. The van der Waals surface area contributed by atoms with Gasteiger partial charge in [-0.05, 0) is 44.2 Å². The van der Waals surface area contributed by atoms with E-state index in [-0.39, 0.29) is 12.2 Å². The summed E-state index contributed by atoms with van der Waals surface area (Å²) in [5.74, 6) is 0. The lowest BCUT2D eigenvalue weighted by Crippen LogP contribution is -2.25. The number of ether oxygens (including phenoxy) is 1. The number of nitrogens with one attached hydrogen (secondary N) is 1. The number of amides is 1. The normalized spacial score (nSPS) is 24.1. The summed E-state index contributed by atoms with van der Waals surface area (Å²) in [4.78, 5) is 11.8. The molecule has 0 radical (unpaired) electrons. The lowest BCUT2D eigenvalue weighted by molar-refractivity contribution is 0.0666. The van der Waals surface area contributed by atoms with Crippen molar-refractivity contribution < 1.29 is 14.6 Å². The van der Waals surface area contributed by atoms with Gasteiger partial charge in [-0.2, -0.15) is 0 Å². The number of aliphatic hydroxyl groups is 1. The van der Waals surface area contributed by atoms with Crippen LogP contribution in [0.3, 0.4) is 0 Å². The summed E-state index contributed by atoms with van der Waals surface area (Å²) in [5.41, 5.74) is 0.735. The molecule has 0 bridgehead atoms. The Kier molecular flexibility index (Phi) is 5.21. The van der Waals surface area contributed by atoms with Crippen molar-refractivity contribution in [2.24, 2.45) is 0 Å². The van der Waals surface area contributed by atoms with E-state index >= 15 is 0 Å². The van der Waals surface area contributed by atoms with E-state index in [1.54, 1.807) is 0 Å². The molecule has 1 aromatic carbocycles. The van der Waals surface area contributed by atoms with Crippen LogP contribution in [0.5, 0.6) is 0 Å². The van der Waals surface area contributed by atoms with E-state index in [0.29, 0.717) is 6.42 Å². The average Bonchev–Trinajstić information content (AvgIpc) is 2.39. The largest absolute Gasteiger partial charge is 0.446 e. The van der Waals surface area contributed by atoms with Crippen molar-refractivity contribution in [3.8, 4) is 0 Å². The van der Waals surface area contributed by atoms with Gasteiger partial charge < -0.3 is 9.84 Å². The lowest BCUT2D eigenvalue weighted by atomic mass is 9.97. The predicted octanol–water partition coefficient (Wildman–Crippen LogP) is 3.32. The molecule has 1 amide bonds. The Labute approximate surface area is 113 Å². The maximum Gasteiger partial charge on any atom is 0.411 e. The zero-order chi connectivity index (χ0) is 13.5. The molecule has 0 unspecified atom stereocenters. The molecule has 0 aliphatic heterocycles.